The Hall–Kier alpha value is -6.97. The second kappa shape index (κ2) is 14.9. The summed E-state index contributed by atoms with van der Waals surface area (Å²) in [5.41, 5.74) is 11.9. The van der Waals surface area contributed by atoms with Crippen molar-refractivity contribution in [1.29, 1.82) is 0 Å². The third-order valence-corrected chi connectivity index (χ3v) is 10.1. The van der Waals surface area contributed by atoms with Gasteiger partial charge in [-0.3, -0.25) is 4.98 Å². The Kier molecular flexibility index (Phi) is 9.11. The Labute approximate surface area is 315 Å². The van der Waals surface area contributed by atoms with Crippen molar-refractivity contribution in [3.8, 4) is 45.0 Å². The van der Waals surface area contributed by atoms with E-state index in [1.807, 2.05) is 18.5 Å². The monoisotopic (exact) mass is 691 g/mol. The molecule has 0 saturated heterocycles. The minimum atomic E-state index is 0.683. The van der Waals surface area contributed by atoms with Gasteiger partial charge < -0.3 is 0 Å². The molecule has 2 heterocycles. The molecule has 1 aliphatic carbocycles. The summed E-state index contributed by atoms with van der Waals surface area (Å²) in [6, 6.07) is 58.0. The molecular weight excluding hydrogens is 655 g/mol. The Morgan fingerprint density at radius 1 is 0.389 bits per heavy atom. The van der Waals surface area contributed by atoms with E-state index in [-0.39, 0.29) is 0 Å². The zero-order valence-corrected chi connectivity index (χ0v) is 29.8. The van der Waals surface area contributed by atoms with Crippen LogP contribution in [-0.4, -0.2) is 15.0 Å². The lowest BCUT2D eigenvalue weighted by Crippen LogP contribution is -2.29. The van der Waals surface area contributed by atoms with Crippen molar-refractivity contribution in [2.24, 2.45) is 0 Å². The van der Waals surface area contributed by atoms with E-state index in [9.17, 15) is 0 Å². The SMILES string of the molecule is C1=C\C/C(c2ccccc2)=c2/cccc/c2=C(\c2cccc(-c3nc(-c4ccc5ccccc5c4)cc(-c4ccccc4-c4cccnc4)n3)c2)C\C=C/1. The zero-order chi connectivity index (χ0) is 36.1. The molecule has 0 atom stereocenters. The summed E-state index contributed by atoms with van der Waals surface area (Å²) in [6.07, 6.45) is 14.2. The highest BCUT2D eigenvalue weighted by atomic mass is 14.9. The molecule has 2 aromatic heterocycles. The topological polar surface area (TPSA) is 38.7 Å². The van der Waals surface area contributed by atoms with Gasteiger partial charge in [0.2, 0.25) is 0 Å². The fourth-order valence-corrected chi connectivity index (χ4v) is 7.48. The van der Waals surface area contributed by atoms with Gasteiger partial charge in [-0.05, 0) is 86.2 Å². The number of nitrogens with zero attached hydrogens (tertiary/aromatic N) is 3. The molecule has 9 rings (SSSR count). The van der Waals surface area contributed by atoms with Gasteiger partial charge in [0.15, 0.2) is 5.82 Å². The molecule has 0 bridgehead atoms. The van der Waals surface area contributed by atoms with Gasteiger partial charge in [0.05, 0.1) is 11.4 Å². The van der Waals surface area contributed by atoms with E-state index in [2.05, 4.69) is 187 Å². The van der Waals surface area contributed by atoms with Gasteiger partial charge in [-0.15, -0.1) is 0 Å². The van der Waals surface area contributed by atoms with Gasteiger partial charge in [0.1, 0.15) is 0 Å². The predicted molar refractivity (Wildman–Crippen MR) is 224 cm³/mol. The first-order chi connectivity index (χ1) is 26.8. The molecule has 0 fully saturated rings. The second-order valence-corrected chi connectivity index (χ2v) is 13.5. The highest BCUT2D eigenvalue weighted by Crippen LogP contribution is 2.35. The zero-order valence-electron chi connectivity index (χ0n) is 29.8. The van der Waals surface area contributed by atoms with Crippen LogP contribution in [0.3, 0.4) is 0 Å². The van der Waals surface area contributed by atoms with Crippen molar-refractivity contribution < 1.29 is 0 Å². The molecule has 0 unspecified atom stereocenters. The third-order valence-electron chi connectivity index (χ3n) is 10.1. The Balaban J connectivity index is 1.26. The highest BCUT2D eigenvalue weighted by Gasteiger charge is 2.16. The summed E-state index contributed by atoms with van der Waals surface area (Å²) < 4.78 is 0. The molecule has 0 spiro atoms. The van der Waals surface area contributed by atoms with Gasteiger partial charge in [-0.25, -0.2) is 9.97 Å². The minimum absolute atomic E-state index is 0.683. The summed E-state index contributed by atoms with van der Waals surface area (Å²) in [7, 11) is 0. The van der Waals surface area contributed by atoms with Crippen LogP contribution in [0.15, 0.2) is 200 Å². The van der Waals surface area contributed by atoms with Gasteiger partial charge in [0, 0.05) is 34.6 Å². The summed E-state index contributed by atoms with van der Waals surface area (Å²) in [5, 5.41) is 4.87. The normalized spacial score (nSPS) is 16.0. The molecule has 3 nitrogen and oxygen atoms in total. The van der Waals surface area contributed by atoms with E-state index in [0.29, 0.717) is 5.82 Å². The van der Waals surface area contributed by atoms with Crippen LogP contribution in [0, 0.1) is 0 Å². The van der Waals surface area contributed by atoms with E-state index in [1.165, 1.54) is 37.9 Å². The molecule has 0 amide bonds. The molecule has 256 valence electrons. The van der Waals surface area contributed by atoms with Crippen molar-refractivity contribution in [1.82, 2.24) is 15.0 Å². The van der Waals surface area contributed by atoms with Crippen LogP contribution in [0.4, 0.5) is 0 Å². The summed E-state index contributed by atoms with van der Waals surface area (Å²) in [6.45, 7) is 0. The minimum Gasteiger partial charge on any atom is -0.264 e. The van der Waals surface area contributed by atoms with E-state index in [1.54, 1.807) is 0 Å². The molecule has 0 radical (unpaired) electrons. The molecule has 6 aromatic carbocycles. The van der Waals surface area contributed by atoms with E-state index in [0.717, 1.165) is 57.6 Å². The van der Waals surface area contributed by atoms with Crippen molar-refractivity contribution >= 4 is 21.9 Å². The summed E-state index contributed by atoms with van der Waals surface area (Å²) in [4.78, 5) is 15.0. The highest BCUT2D eigenvalue weighted by molar-refractivity contribution is 5.89. The van der Waals surface area contributed by atoms with E-state index in [4.69, 9.17) is 9.97 Å². The van der Waals surface area contributed by atoms with Crippen LogP contribution >= 0.6 is 0 Å². The quantitative estimate of drug-likeness (QED) is 0.174. The third kappa shape index (κ3) is 6.71. The molecule has 3 heteroatoms. The fraction of sp³-hybridized carbons (Fsp3) is 0.0392. The predicted octanol–water partition coefficient (Wildman–Crippen LogP) is 11.0. The van der Waals surface area contributed by atoms with Crippen LogP contribution in [0.1, 0.15) is 24.0 Å². The Bertz CT molecular complexity index is 2820. The van der Waals surface area contributed by atoms with Gasteiger partial charge in [-0.1, -0.05) is 164 Å². The largest absolute Gasteiger partial charge is 0.264 e. The van der Waals surface area contributed by atoms with Crippen LogP contribution in [0.25, 0.3) is 66.9 Å². The standard InChI is InChI=1S/C51H37N3/c1-2-7-24-44(47-27-12-11-26-46(47)43(23-6-1)37-17-4-3-5-18-37)39-20-14-21-41(33-39)51-53-49(40-30-29-36-16-8-9-19-38(36)32-40)34-50(54-51)48-28-13-10-25-45(48)42-22-15-31-52-35-42/h1-22,25-35H,23-24H2/b6-1-,7-2-,46-43+,47-44+. The van der Waals surface area contributed by atoms with Crippen LogP contribution in [0.2, 0.25) is 0 Å². The maximum absolute atomic E-state index is 5.32. The number of hydrogen-bond acceptors (Lipinski definition) is 3. The summed E-state index contributed by atoms with van der Waals surface area (Å²) >= 11 is 0. The molecule has 0 saturated carbocycles. The van der Waals surface area contributed by atoms with Crippen molar-refractivity contribution in [2.75, 3.05) is 0 Å². The average Bonchev–Trinajstić information content (AvgIpc) is 3.25. The van der Waals surface area contributed by atoms with Crippen LogP contribution in [-0.2, 0) is 0 Å². The number of hydrogen-bond donors (Lipinski definition) is 0. The lowest BCUT2D eigenvalue weighted by atomic mass is 9.92. The van der Waals surface area contributed by atoms with Crippen molar-refractivity contribution in [2.45, 2.75) is 12.8 Å². The van der Waals surface area contributed by atoms with Crippen molar-refractivity contribution in [3.63, 3.8) is 0 Å². The smallest absolute Gasteiger partial charge is 0.160 e. The molecule has 54 heavy (non-hydrogen) atoms. The maximum atomic E-state index is 5.32. The van der Waals surface area contributed by atoms with Crippen molar-refractivity contribution in [3.05, 3.63) is 222 Å². The molecule has 1 aliphatic rings. The number of benzene rings is 6. The molecular formula is C51H37N3. The molecule has 0 aliphatic heterocycles. The first-order valence-electron chi connectivity index (χ1n) is 18.5. The number of pyridine rings is 1. The fourth-order valence-electron chi connectivity index (χ4n) is 7.48. The Morgan fingerprint density at radius 2 is 1.02 bits per heavy atom. The van der Waals surface area contributed by atoms with Gasteiger partial charge in [0.25, 0.3) is 0 Å². The first kappa shape index (κ1) is 32.9. The van der Waals surface area contributed by atoms with E-state index >= 15 is 0 Å². The lowest BCUT2D eigenvalue weighted by Gasteiger charge is -2.14. The number of rotatable bonds is 6. The van der Waals surface area contributed by atoms with E-state index < -0.39 is 0 Å². The number of allylic oxidation sites excluding steroid dienone is 4. The summed E-state index contributed by atoms with van der Waals surface area (Å²) in [5.74, 6) is 0.683. The number of aromatic nitrogens is 3. The lowest BCUT2D eigenvalue weighted by molar-refractivity contribution is 1.18. The second-order valence-electron chi connectivity index (χ2n) is 13.5. The van der Waals surface area contributed by atoms with Gasteiger partial charge >= 0.3 is 0 Å². The van der Waals surface area contributed by atoms with Crippen LogP contribution < -0.4 is 10.4 Å². The maximum Gasteiger partial charge on any atom is 0.160 e. The molecule has 8 aromatic rings. The Morgan fingerprint density at radius 3 is 1.80 bits per heavy atom. The number of fused-ring (bicyclic) bond motifs is 2. The average molecular weight is 692 g/mol. The van der Waals surface area contributed by atoms with Crippen LogP contribution in [0.5, 0.6) is 0 Å². The first-order valence-corrected chi connectivity index (χ1v) is 18.5. The molecule has 0 N–H and O–H groups in total. The van der Waals surface area contributed by atoms with Gasteiger partial charge in [-0.2, -0.15) is 0 Å².